The van der Waals surface area contributed by atoms with E-state index < -0.39 is 0 Å². The van der Waals surface area contributed by atoms with Gasteiger partial charge < -0.3 is 19.7 Å². The van der Waals surface area contributed by atoms with Crippen molar-refractivity contribution in [2.24, 2.45) is 0 Å². The van der Waals surface area contributed by atoms with Crippen LogP contribution in [0.15, 0.2) is 30.7 Å². The molecular weight excluding hydrogens is 382 g/mol. The number of hydrogen-bond donors (Lipinski definition) is 1. The van der Waals surface area contributed by atoms with E-state index in [1.807, 2.05) is 25.3 Å². The number of nitrogens with zero attached hydrogens (tertiary/aromatic N) is 6. The number of pyridine rings is 1. The van der Waals surface area contributed by atoms with Crippen molar-refractivity contribution in [3.63, 3.8) is 0 Å². The molecule has 1 aliphatic carbocycles. The van der Waals surface area contributed by atoms with Crippen molar-refractivity contribution in [2.75, 3.05) is 36.5 Å². The highest BCUT2D eigenvalue weighted by molar-refractivity contribution is 5.52. The summed E-state index contributed by atoms with van der Waals surface area (Å²) in [7, 11) is 0. The molecule has 1 aliphatic heterocycles. The Bertz CT molecular complexity index is 977. The summed E-state index contributed by atoms with van der Waals surface area (Å²) in [6.45, 7) is 5.11. The Morgan fingerprint density at radius 1 is 1.10 bits per heavy atom. The van der Waals surface area contributed by atoms with Crippen LogP contribution in [0.5, 0.6) is 6.01 Å². The molecule has 2 fully saturated rings. The smallest absolute Gasteiger partial charge is 0.321 e. The summed E-state index contributed by atoms with van der Waals surface area (Å²) < 4.78 is 13.5. The van der Waals surface area contributed by atoms with Crippen LogP contribution < -0.4 is 15.0 Å². The van der Waals surface area contributed by atoms with E-state index in [1.54, 1.807) is 10.8 Å². The van der Waals surface area contributed by atoms with Crippen molar-refractivity contribution in [3.8, 4) is 6.01 Å². The van der Waals surface area contributed by atoms with Crippen molar-refractivity contribution in [3.05, 3.63) is 36.3 Å². The molecule has 0 aromatic carbocycles. The molecule has 0 radical (unpaired) electrons. The molecule has 5 rings (SSSR count). The molecule has 3 aromatic heterocycles. The van der Waals surface area contributed by atoms with E-state index >= 15 is 0 Å². The Hall–Kier alpha value is -2.94. The monoisotopic (exact) mass is 409 g/mol. The number of hydrogen-bond acceptors (Lipinski definition) is 8. The Balaban J connectivity index is 1.24. The van der Waals surface area contributed by atoms with Crippen molar-refractivity contribution in [1.29, 1.82) is 0 Å². The molecule has 158 valence electrons. The lowest BCUT2D eigenvalue weighted by molar-refractivity contribution is 0.121. The van der Waals surface area contributed by atoms with Gasteiger partial charge in [0, 0.05) is 31.4 Å². The molecule has 0 spiro atoms. The molecule has 0 amide bonds. The van der Waals surface area contributed by atoms with Gasteiger partial charge in [0.25, 0.3) is 0 Å². The van der Waals surface area contributed by atoms with Crippen molar-refractivity contribution in [2.45, 2.75) is 44.8 Å². The number of fused-ring (bicyclic) bond motifs is 1. The standard InChI is InChI=1S/C21H27N7O2/c1-15-2-7-18(22-13-15)25-16-3-5-17(6-4-16)30-21-26-20(27-8-10-29-11-9-27)12-19-23-14-24-28(19)21/h2,7,12-14,16-17H,3-6,8-11H2,1H3,(H,22,25). The minimum absolute atomic E-state index is 0.119. The Morgan fingerprint density at radius 2 is 1.93 bits per heavy atom. The van der Waals surface area contributed by atoms with Crippen LogP contribution in [0.25, 0.3) is 5.65 Å². The SMILES string of the molecule is Cc1ccc(NC2CCC(Oc3nc(N4CCOCC4)cc4ncnn34)CC2)nc1. The maximum absolute atomic E-state index is 6.32. The maximum atomic E-state index is 6.32. The van der Waals surface area contributed by atoms with E-state index in [0.29, 0.717) is 25.3 Å². The van der Waals surface area contributed by atoms with Gasteiger partial charge in [0.15, 0.2) is 5.65 Å². The number of anilines is 2. The summed E-state index contributed by atoms with van der Waals surface area (Å²) in [5.74, 6) is 1.81. The number of rotatable bonds is 5. The van der Waals surface area contributed by atoms with Gasteiger partial charge in [-0.2, -0.15) is 14.6 Å². The first-order chi connectivity index (χ1) is 14.7. The van der Waals surface area contributed by atoms with Gasteiger partial charge in [-0.15, -0.1) is 0 Å². The van der Waals surface area contributed by atoms with Crippen molar-refractivity contribution >= 4 is 17.3 Å². The van der Waals surface area contributed by atoms with Crippen LogP contribution in [-0.4, -0.2) is 63.0 Å². The van der Waals surface area contributed by atoms with Crippen LogP contribution in [0, 0.1) is 6.92 Å². The normalized spacial score (nSPS) is 22.2. The lowest BCUT2D eigenvalue weighted by atomic mass is 9.93. The van der Waals surface area contributed by atoms with Gasteiger partial charge in [0.2, 0.25) is 0 Å². The first kappa shape index (κ1) is 19.0. The van der Waals surface area contributed by atoms with Gasteiger partial charge in [-0.3, -0.25) is 0 Å². The summed E-state index contributed by atoms with van der Waals surface area (Å²) in [6, 6.07) is 7.02. The molecule has 0 atom stereocenters. The fraction of sp³-hybridized carbons (Fsp3) is 0.524. The molecule has 9 heteroatoms. The zero-order chi connectivity index (χ0) is 20.3. The first-order valence-corrected chi connectivity index (χ1v) is 10.6. The Labute approximate surface area is 175 Å². The van der Waals surface area contributed by atoms with Crippen molar-refractivity contribution < 1.29 is 9.47 Å². The van der Waals surface area contributed by atoms with Crippen LogP contribution in [0.1, 0.15) is 31.2 Å². The zero-order valence-corrected chi connectivity index (χ0v) is 17.2. The summed E-state index contributed by atoms with van der Waals surface area (Å²) in [5, 5.41) is 7.84. The summed E-state index contributed by atoms with van der Waals surface area (Å²) >= 11 is 0. The average molecular weight is 409 g/mol. The quantitative estimate of drug-likeness (QED) is 0.687. The van der Waals surface area contributed by atoms with E-state index in [9.17, 15) is 0 Å². The molecule has 1 N–H and O–H groups in total. The van der Waals surface area contributed by atoms with Crippen LogP contribution >= 0.6 is 0 Å². The van der Waals surface area contributed by atoms with Crippen LogP contribution in [0.4, 0.5) is 11.6 Å². The molecular formula is C21H27N7O2. The molecule has 3 aromatic rings. The largest absolute Gasteiger partial charge is 0.460 e. The van der Waals surface area contributed by atoms with E-state index in [4.69, 9.17) is 14.5 Å². The van der Waals surface area contributed by atoms with Crippen LogP contribution in [0.3, 0.4) is 0 Å². The third-order valence-corrected chi connectivity index (χ3v) is 5.77. The third-order valence-electron chi connectivity index (χ3n) is 5.77. The first-order valence-electron chi connectivity index (χ1n) is 10.6. The minimum atomic E-state index is 0.119. The molecule has 1 saturated carbocycles. The topological polar surface area (TPSA) is 89.7 Å². The average Bonchev–Trinajstić information content (AvgIpc) is 3.26. The zero-order valence-electron chi connectivity index (χ0n) is 17.2. The Kier molecular flexibility index (Phi) is 5.35. The highest BCUT2D eigenvalue weighted by Crippen LogP contribution is 2.27. The van der Waals surface area contributed by atoms with Gasteiger partial charge in [-0.25, -0.2) is 9.97 Å². The summed E-state index contributed by atoms with van der Waals surface area (Å²) in [6.07, 6.45) is 7.55. The Morgan fingerprint density at radius 3 is 2.70 bits per heavy atom. The van der Waals surface area contributed by atoms with Crippen LogP contribution in [0.2, 0.25) is 0 Å². The molecule has 4 heterocycles. The van der Waals surface area contributed by atoms with Gasteiger partial charge in [-0.05, 0) is 44.2 Å². The van der Waals surface area contributed by atoms with Crippen molar-refractivity contribution in [1.82, 2.24) is 24.6 Å². The molecule has 30 heavy (non-hydrogen) atoms. The highest BCUT2D eigenvalue weighted by Gasteiger charge is 2.25. The van der Waals surface area contributed by atoms with Gasteiger partial charge in [-0.1, -0.05) is 6.07 Å². The molecule has 2 aliphatic rings. The second-order valence-electron chi connectivity index (χ2n) is 7.98. The molecule has 0 unspecified atom stereocenters. The fourth-order valence-corrected chi connectivity index (χ4v) is 4.06. The molecule has 0 bridgehead atoms. The predicted molar refractivity (Wildman–Crippen MR) is 113 cm³/mol. The van der Waals surface area contributed by atoms with E-state index in [0.717, 1.165) is 56.1 Å². The number of morpholine rings is 1. The predicted octanol–water partition coefficient (Wildman–Crippen LogP) is 2.47. The summed E-state index contributed by atoms with van der Waals surface area (Å²) in [5.41, 5.74) is 1.92. The molecule has 9 nitrogen and oxygen atoms in total. The van der Waals surface area contributed by atoms with E-state index in [1.165, 1.54) is 5.56 Å². The van der Waals surface area contributed by atoms with E-state index in [2.05, 4.69) is 31.3 Å². The maximum Gasteiger partial charge on any atom is 0.321 e. The van der Waals surface area contributed by atoms with E-state index in [-0.39, 0.29) is 6.10 Å². The second-order valence-corrected chi connectivity index (χ2v) is 7.98. The lowest BCUT2D eigenvalue weighted by Gasteiger charge is -2.30. The third kappa shape index (κ3) is 4.16. The van der Waals surface area contributed by atoms with Crippen LogP contribution in [-0.2, 0) is 4.74 Å². The number of nitrogens with one attached hydrogen (secondary N) is 1. The highest BCUT2D eigenvalue weighted by atomic mass is 16.5. The number of ether oxygens (including phenoxy) is 2. The molecule has 1 saturated heterocycles. The van der Waals surface area contributed by atoms with Gasteiger partial charge in [0.05, 0.1) is 13.2 Å². The lowest BCUT2D eigenvalue weighted by Crippen LogP contribution is -2.37. The number of aromatic nitrogens is 5. The summed E-state index contributed by atoms with van der Waals surface area (Å²) in [4.78, 5) is 15.8. The number of aryl methyl sites for hydroxylation is 1. The fourth-order valence-electron chi connectivity index (χ4n) is 4.06. The second kappa shape index (κ2) is 8.43. The van der Waals surface area contributed by atoms with Gasteiger partial charge >= 0.3 is 6.01 Å². The minimum Gasteiger partial charge on any atom is -0.460 e. The van der Waals surface area contributed by atoms with Gasteiger partial charge in [0.1, 0.15) is 24.1 Å².